The van der Waals surface area contributed by atoms with Crippen molar-refractivity contribution in [1.29, 1.82) is 0 Å². The number of phosphoric acid groups is 1. The van der Waals surface area contributed by atoms with Gasteiger partial charge in [-0.1, -0.05) is 32.8 Å². The van der Waals surface area contributed by atoms with Crippen molar-refractivity contribution in [1.82, 2.24) is 0 Å². The second-order valence-corrected chi connectivity index (χ2v) is 5.71. The molecule has 1 atom stereocenters. The standard InChI is InChI=1S/C8H19O4P.C5H6O4/c1-3-5-6-7-8-12-13(9,10)11-4-2;1-3(5(8)9)2-4(6)7/h3-8H2,1-2H3,(H,9,10);1-2H2,(H,6,7)(H,8,9). The zero-order valence-electron chi connectivity index (χ0n) is 13.0. The Labute approximate surface area is 130 Å². The summed E-state index contributed by atoms with van der Waals surface area (Å²) in [6.45, 7) is 7.28. The molecule has 0 spiro atoms. The Bertz CT molecular complexity index is 394. The molecule has 0 aromatic heterocycles. The number of carboxylic acids is 2. The Morgan fingerprint density at radius 2 is 1.68 bits per heavy atom. The van der Waals surface area contributed by atoms with Crippen molar-refractivity contribution in [3.63, 3.8) is 0 Å². The van der Waals surface area contributed by atoms with Gasteiger partial charge in [0.05, 0.1) is 19.6 Å². The van der Waals surface area contributed by atoms with Crippen LogP contribution in [0.15, 0.2) is 12.2 Å². The summed E-state index contributed by atoms with van der Waals surface area (Å²) in [7, 11) is -3.74. The first kappa shape index (κ1) is 23.1. The zero-order chi connectivity index (χ0) is 17.6. The molecule has 0 amide bonds. The second-order valence-electron chi connectivity index (χ2n) is 4.26. The molecule has 22 heavy (non-hydrogen) atoms. The van der Waals surface area contributed by atoms with Crippen molar-refractivity contribution in [2.75, 3.05) is 13.2 Å². The molecule has 8 nitrogen and oxygen atoms in total. The molecule has 0 radical (unpaired) electrons. The van der Waals surface area contributed by atoms with Gasteiger partial charge in [-0.2, -0.15) is 0 Å². The molecule has 0 aromatic carbocycles. The van der Waals surface area contributed by atoms with Crippen LogP contribution in [0.25, 0.3) is 0 Å². The third kappa shape index (κ3) is 16.8. The Hall–Kier alpha value is -1.21. The van der Waals surface area contributed by atoms with Gasteiger partial charge in [-0.25, -0.2) is 9.36 Å². The van der Waals surface area contributed by atoms with Crippen LogP contribution < -0.4 is 0 Å². The number of hydrogen-bond acceptors (Lipinski definition) is 5. The highest BCUT2D eigenvalue weighted by Crippen LogP contribution is 2.42. The fourth-order valence-electron chi connectivity index (χ4n) is 1.17. The van der Waals surface area contributed by atoms with Gasteiger partial charge in [-0.3, -0.25) is 13.8 Å². The molecule has 0 aliphatic heterocycles. The smallest absolute Gasteiger partial charge is 0.472 e. The van der Waals surface area contributed by atoms with Gasteiger partial charge in [0.1, 0.15) is 0 Å². The lowest BCUT2D eigenvalue weighted by atomic mass is 10.2. The van der Waals surface area contributed by atoms with E-state index in [1.807, 2.05) is 0 Å². The lowest BCUT2D eigenvalue weighted by molar-refractivity contribution is -0.139. The van der Waals surface area contributed by atoms with Gasteiger partial charge in [0.2, 0.25) is 0 Å². The largest absolute Gasteiger partial charge is 0.481 e. The first-order valence-corrected chi connectivity index (χ1v) is 8.40. The van der Waals surface area contributed by atoms with E-state index >= 15 is 0 Å². The summed E-state index contributed by atoms with van der Waals surface area (Å²) in [5, 5.41) is 16.1. The molecule has 130 valence electrons. The molecule has 0 aliphatic rings. The highest BCUT2D eigenvalue weighted by molar-refractivity contribution is 7.47. The molecule has 0 fully saturated rings. The normalized spacial score (nSPS) is 12.7. The predicted molar refractivity (Wildman–Crippen MR) is 80.6 cm³/mol. The van der Waals surface area contributed by atoms with Crippen LogP contribution in [0, 0.1) is 0 Å². The molecule has 0 rings (SSSR count). The average Bonchev–Trinajstić information content (AvgIpc) is 2.38. The van der Waals surface area contributed by atoms with Crippen LogP contribution in [0.2, 0.25) is 0 Å². The van der Waals surface area contributed by atoms with Gasteiger partial charge in [0.25, 0.3) is 0 Å². The summed E-state index contributed by atoms with van der Waals surface area (Å²) in [6.07, 6.45) is 3.61. The van der Waals surface area contributed by atoms with Gasteiger partial charge in [0.15, 0.2) is 0 Å². The Balaban J connectivity index is 0. The maximum absolute atomic E-state index is 11.0. The zero-order valence-corrected chi connectivity index (χ0v) is 13.9. The van der Waals surface area contributed by atoms with Crippen molar-refractivity contribution in [3.8, 4) is 0 Å². The molecule has 0 heterocycles. The summed E-state index contributed by atoms with van der Waals surface area (Å²) in [5.41, 5.74) is -0.303. The number of hydrogen-bond donors (Lipinski definition) is 3. The monoisotopic (exact) mass is 340 g/mol. The van der Waals surface area contributed by atoms with Gasteiger partial charge in [-0.15, -0.1) is 0 Å². The van der Waals surface area contributed by atoms with Crippen LogP contribution in [0.5, 0.6) is 0 Å². The lowest BCUT2D eigenvalue weighted by Gasteiger charge is -2.09. The molecular weight excluding hydrogens is 315 g/mol. The van der Waals surface area contributed by atoms with E-state index in [2.05, 4.69) is 18.0 Å². The van der Waals surface area contributed by atoms with Crippen LogP contribution in [0.1, 0.15) is 46.0 Å². The van der Waals surface area contributed by atoms with Crippen molar-refractivity contribution >= 4 is 19.8 Å². The lowest BCUT2D eigenvalue weighted by Crippen LogP contribution is -2.04. The minimum atomic E-state index is -3.74. The van der Waals surface area contributed by atoms with E-state index in [0.717, 1.165) is 25.7 Å². The highest BCUT2D eigenvalue weighted by Gasteiger charge is 2.18. The van der Waals surface area contributed by atoms with Gasteiger partial charge in [0, 0.05) is 5.57 Å². The molecule has 0 aliphatic carbocycles. The minimum absolute atomic E-state index is 0.197. The third-order valence-electron chi connectivity index (χ3n) is 2.21. The molecular formula is C13H25O8P. The summed E-state index contributed by atoms with van der Waals surface area (Å²) in [5.74, 6) is -2.44. The number of carboxylic acid groups (broad SMARTS) is 2. The number of rotatable bonds is 11. The summed E-state index contributed by atoms with van der Waals surface area (Å²) in [4.78, 5) is 28.6. The quantitative estimate of drug-likeness (QED) is 0.297. The topological polar surface area (TPSA) is 130 Å². The van der Waals surface area contributed by atoms with Crippen molar-refractivity contribution in [2.45, 2.75) is 46.0 Å². The summed E-state index contributed by atoms with van der Waals surface area (Å²) in [6, 6.07) is 0. The van der Waals surface area contributed by atoms with E-state index in [1.165, 1.54) is 0 Å². The first-order chi connectivity index (χ1) is 10.2. The minimum Gasteiger partial charge on any atom is -0.481 e. The Kier molecular flexibility index (Phi) is 14.1. The van der Waals surface area contributed by atoms with E-state index < -0.39 is 26.2 Å². The van der Waals surface area contributed by atoms with E-state index in [4.69, 9.17) is 19.6 Å². The second kappa shape index (κ2) is 13.5. The molecule has 3 N–H and O–H groups in total. The van der Waals surface area contributed by atoms with Crippen molar-refractivity contribution < 1.29 is 38.3 Å². The number of carbonyl (C=O) groups is 2. The van der Waals surface area contributed by atoms with Gasteiger partial charge in [-0.05, 0) is 13.3 Å². The predicted octanol–water partition coefficient (Wildman–Crippen LogP) is 2.82. The van der Waals surface area contributed by atoms with Crippen LogP contribution in [0.3, 0.4) is 0 Å². The maximum Gasteiger partial charge on any atom is 0.472 e. The van der Waals surface area contributed by atoms with E-state index in [9.17, 15) is 14.2 Å². The SMILES string of the molecule is C=C(CC(=O)O)C(=O)O.CCCCCCOP(=O)(O)OCC. The van der Waals surface area contributed by atoms with E-state index in [0.29, 0.717) is 6.61 Å². The number of phosphoric ester groups is 1. The molecule has 1 unspecified atom stereocenters. The summed E-state index contributed by atoms with van der Waals surface area (Å²) < 4.78 is 20.2. The van der Waals surface area contributed by atoms with Gasteiger partial charge >= 0.3 is 19.8 Å². The first-order valence-electron chi connectivity index (χ1n) is 6.91. The fraction of sp³-hybridized carbons (Fsp3) is 0.692. The van der Waals surface area contributed by atoms with Crippen LogP contribution in [-0.2, 0) is 23.2 Å². The number of unbranched alkanes of at least 4 members (excludes halogenated alkanes) is 3. The summed E-state index contributed by atoms with van der Waals surface area (Å²) >= 11 is 0. The van der Waals surface area contributed by atoms with Crippen molar-refractivity contribution in [3.05, 3.63) is 12.2 Å². The average molecular weight is 340 g/mol. The number of aliphatic carboxylic acids is 2. The Morgan fingerprint density at radius 1 is 1.09 bits per heavy atom. The Morgan fingerprint density at radius 3 is 2.05 bits per heavy atom. The van der Waals surface area contributed by atoms with E-state index in [1.54, 1.807) is 6.92 Å². The van der Waals surface area contributed by atoms with Crippen LogP contribution >= 0.6 is 7.82 Å². The van der Waals surface area contributed by atoms with Crippen LogP contribution in [0.4, 0.5) is 0 Å². The molecule has 0 bridgehead atoms. The fourth-order valence-corrected chi connectivity index (χ4v) is 1.93. The molecule has 0 saturated heterocycles. The third-order valence-corrected chi connectivity index (χ3v) is 3.30. The molecule has 9 heteroatoms. The van der Waals surface area contributed by atoms with Gasteiger partial charge < -0.3 is 15.1 Å². The maximum atomic E-state index is 11.0. The highest BCUT2D eigenvalue weighted by atomic mass is 31.2. The van der Waals surface area contributed by atoms with Crippen LogP contribution in [-0.4, -0.2) is 40.3 Å². The molecule has 0 saturated carbocycles. The van der Waals surface area contributed by atoms with Crippen molar-refractivity contribution in [2.24, 2.45) is 0 Å². The van der Waals surface area contributed by atoms with E-state index in [-0.39, 0.29) is 12.2 Å². The molecule has 0 aromatic rings.